The van der Waals surface area contributed by atoms with Gasteiger partial charge in [0.25, 0.3) is 0 Å². The molecule has 0 radical (unpaired) electrons. The number of sulfone groups is 1. The summed E-state index contributed by atoms with van der Waals surface area (Å²) in [5.41, 5.74) is 2.23. The Bertz CT molecular complexity index is 1340. The molecular weight excluding hydrogens is 428 g/mol. The zero-order valence-electron chi connectivity index (χ0n) is 16.8. The van der Waals surface area contributed by atoms with Crippen LogP contribution in [-0.2, 0) is 16.3 Å². The van der Waals surface area contributed by atoms with Crippen molar-refractivity contribution in [1.29, 1.82) is 5.26 Å². The summed E-state index contributed by atoms with van der Waals surface area (Å²) in [6.07, 6.45) is 0.757. The van der Waals surface area contributed by atoms with E-state index < -0.39 is 15.1 Å². The third kappa shape index (κ3) is 4.43. The van der Waals surface area contributed by atoms with Gasteiger partial charge in [0.05, 0.1) is 22.0 Å². The van der Waals surface area contributed by atoms with E-state index in [0.717, 1.165) is 12.0 Å². The second-order valence-corrected chi connectivity index (χ2v) is 10.1. The average Bonchev–Trinajstić information content (AvgIpc) is 3.28. The molecule has 8 heteroatoms. The van der Waals surface area contributed by atoms with E-state index in [1.807, 2.05) is 42.6 Å². The minimum atomic E-state index is -3.98. The quantitative estimate of drug-likeness (QED) is 0.440. The Labute approximate surface area is 185 Å². The van der Waals surface area contributed by atoms with Crippen LogP contribution in [0.1, 0.15) is 21.4 Å². The highest BCUT2D eigenvalue weighted by atomic mass is 32.2. The van der Waals surface area contributed by atoms with Gasteiger partial charge in [-0.2, -0.15) is 5.26 Å². The Hall–Kier alpha value is -3.28. The van der Waals surface area contributed by atoms with Crippen molar-refractivity contribution in [1.82, 2.24) is 9.97 Å². The Kier molecular flexibility index (Phi) is 5.98. The summed E-state index contributed by atoms with van der Waals surface area (Å²) in [6, 6.07) is 19.7. The fourth-order valence-electron chi connectivity index (χ4n) is 3.23. The molecule has 4 rings (SSSR count). The van der Waals surface area contributed by atoms with Gasteiger partial charge in [-0.3, -0.25) is 0 Å². The van der Waals surface area contributed by atoms with Crippen molar-refractivity contribution < 1.29 is 8.42 Å². The average molecular weight is 449 g/mol. The maximum absolute atomic E-state index is 13.3. The van der Waals surface area contributed by atoms with E-state index in [-0.39, 0.29) is 10.6 Å². The van der Waals surface area contributed by atoms with Crippen LogP contribution in [0.4, 0.5) is 5.82 Å². The maximum atomic E-state index is 13.3. The molecule has 4 aromatic rings. The van der Waals surface area contributed by atoms with Crippen LogP contribution in [0.2, 0.25) is 0 Å². The van der Waals surface area contributed by atoms with E-state index >= 15 is 0 Å². The second kappa shape index (κ2) is 8.84. The van der Waals surface area contributed by atoms with Crippen molar-refractivity contribution in [3.05, 3.63) is 82.2 Å². The zero-order valence-corrected chi connectivity index (χ0v) is 18.5. The summed E-state index contributed by atoms with van der Waals surface area (Å²) < 4.78 is 26.6. The first-order valence-electron chi connectivity index (χ1n) is 9.72. The van der Waals surface area contributed by atoms with Crippen LogP contribution in [0.15, 0.2) is 70.9 Å². The number of nitrogens with one attached hydrogen (secondary N) is 1. The Morgan fingerprint density at radius 3 is 2.39 bits per heavy atom. The highest BCUT2D eigenvalue weighted by Crippen LogP contribution is 2.32. The second-order valence-electron chi connectivity index (χ2n) is 7.07. The van der Waals surface area contributed by atoms with Crippen molar-refractivity contribution in [3.8, 4) is 6.07 Å². The van der Waals surface area contributed by atoms with Gasteiger partial charge in [0.15, 0.2) is 11.1 Å². The standard InChI is InChI=1S/C23H20N4O2S2/c1-16-8-10-18(11-9-16)31(28,29)21(15-24)22-23(25-13-12-17-5-4-14-30-17)27-20-7-3-2-6-19(20)26-22/h2-11,14,21H,12-13H2,1H3,(H,25,27)/t21-/m1/s1. The van der Waals surface area contributed by atoms with Crippen molar-refractivity contribution in [3.63, 3.8) is 0 Å². The minimum absolute atomic E-state index is 0.0872. The highest BCUT2D eigenvalue weighted by molar-refractivity contribution is 7.92. The van der Waals surface area contributed by atoms with Crippen molar-refractivity contribution >= 4 is 38.0 Å². The van der Waals surface area contributed by atoms with Crippen LogP contribution in [-0.4, -0.2) is 24.9 Å². The largest absolute Gasteiger partial charge is 0.368 e. The number of nitriles is 1. The Morgan fingerprint density at radius 1 is 1.03 bits per heavy atom. The van der Waals surface area contributed by atoms with Crippen molar-refractivity contribution in [2.24, 2.45) is 0 Å². The fraction of sp³-hybridized carbons (Fsp3) is 0.174. The van der Waals surface area contributed by atoms with Crippen molar-refractivity contribution in [2.75, 3.05) is 11.9 Å². The van der Waals surface area contributed by atoms with Crippen LogP contribution in [0.25, 0.3) is 11.0 Å². The van der Waals surface area contributed by atoms with Crippen LogP contribution >= 0.6 is 11.3 Å². The number of nitrogens with zero attached hydrogens (tertiary/aromatic N) is 3. The normalized spacial score (nSPS) is 12.4. The lowest BCUT2D eigenvalue weighted by Crippen LogP contribution is -2.18. The zero-order chi connectivity index (χ0) is 21.8. The molecule has 2 aromatic carbocycles. The monoisotopic (exact) mass is 448 g/mol. The van der Waals surface area contributed by atoms with Crippen LogP contribution in [0, 0.1) is 18.3 Å². The van der Waals surface area contributed by atoms with Gasteiger partial charge in [-0.1, -0.05) is 35.9 Å². The molecule has 0 aliphatic heterocycles. The molecule has 0 aliphatic rings. The molecule has 31 heavy (non-hydrogen) atoms. The van der Waals surface area contributed by atoms with Crippen molar-refractivity contribution in [2.45, 2.75) is 23.5 Å². The number of anilines is 1. The number of aromatic nitrogens is 2. The van der Waals surface area contributed by atoms with E-state index in [9.17, 15) is 13.7 Å². The highest BCUT2D eigenvalue weighted by Gasteiger charge is 2.33. The lowest BCUT2D eigenvalue weighted by Gasteiger charge is -2.16. The lowest BCUT2D eigenvalue weighted by molar-refractivity contribution is 0.590. The van der Waals surface area contributed by atoms with E-state index in [1.54, 1.807) is 35.6 Å². The summed E-state index contributed by atoms with van der Waals surface area (Å²) in [6.45, 7) is 2.42. The fourth-order valence-corrected chi connectivity index (χ4v) is 5.32. The van der Waals surface area contributed by atoms with Gasteiger partial charge < -0.3 is 5.32 Å². The summed E-state index contributed by atoms with van der Waals surface area (Å²) in [5, 5.41) is 13.6. The summed E-state index contributed by atoms with van der Waals surface area (Å²) in [7, 11) is -3.98. The summed E-state index contributed by atoms with van der Waals surface area (Å²) in [5.74, 6) is 0.317. The van der Waals surface area contributed by atoms with Gasteiger partial charge in [-0.25, -0.2) is 18.4 Å². The molecule has 0 bridgehead atoms. The van der Waals surface area contributed by atoms with Crippen LogP contribution < -0.4 is 5.32 Å². The van der Waals surface area contributed by atoms with Crippen LogP contribution in [0.3, 0.4) is 0 Å². The molecule has 0 amide bonds. The van der Waals surface area contributed by atoms with Crippen LogP contribution in [0.5, 0.6) is 0 Å². The SMILES string of the molecule is Cc1ccc(S(=O)(=O)[C@H](C#N)c2nc3ccccc3nc2NCCc2cccs2)cc1. The molecule has 0 aliphatic carbocycles. The molecule has 1 atom stereocenters. The Balaban J connectivity index is 1.75. The molecular formula is C23H20N4O2S2. The van der Waals surface area contributed by atoms with E-state index in [1.165, 1.54) is 17.0 Å². The smallest absolute Gasteiger partial charge is 0.200 e. The number of para-hydroxylation sites is 2. The lowest BCUT2D eigenvalue weighted by atomic mass is 10.2. The van der Waals surface area contributed by atoms with Gasteiger partial charge in [0.2, 0.25) is 9.84 Å². The van der Waals surface area contributed by atoms with Gasteiger partial charge in [0.1, 0.15) is 5.69 Å². The third-order valence-corrected chi connectivity index (χ3v) is 7.68. The first-order chi connectivity index (χ1) is 15.0. The summed E-state index contributed by atoms with van der Waals surface area (Å²) >= 11 is 1.65. The van der Waals surface area contributed by atoms with E-state index in [0.29, 0.717) is 23.4 Å². The van der Waals surface area contributed by atoms with E-state index in [2.05, 4.69) is 15.3 Å². The molecule has 0 saturated heterocycles. The molecule has 0 spiro atoms. The number of rotatable bonds is 7. The number of hydrogen-bond donors (Lipinski definition) is 1. The predicted octanol–water partition coefficient (Wildman–Crippen LogP) is 4.69. The van der Waals surface area contributed by atoms with E-state index in [4.69, 9.17) is 0 Å². The number of hydrogen-bond acceptors (Lipinski definition) is 7. The van der Waals surface area contributed by atoms with Gasteiger partial charge in [-0.05, 0) is 49.1 Å². The minimum Gasteiger partial charge on any atom is -0.368 e. The molecule has 0 fully saturated rings. The van der Waals surface area contributed by atoms with Gasteiger partial charge in [-0.15, -0.1) is 11.3 Å². The Morgan fingerprint density at radius 2 is 1.74 bits per heavy atom. The number of aryl methyl sites for hydroxylation is 1. The molecule has 0 saturated carbocycles. The molecule has 156 valence electrons. The molecule has 2 heterocycles. The molecule has 0 unspecified atom stereocenters. The summed E-state index contributed by atoms with van der Waals surface area (Å²) in [4.78, 5) is 10.4. The maximum Gasteiger partial charge on any atom is 0.200 e. The molecule has 6 nitrogen and oxygen atoms in total. The first kappa shape index (κ1) is 21.0. The number of benzene rings is 2. The molecule has 2 aromatic heterocycles. The molecule has 1 N–H and O–H groups in total. The first-order valence-corrected chi connectivity index (χ1v) is 12.1. The number of fused-ring (bicyclic) bond motifs is 1. The van der Waals surface area contributed by atoms with Gasteiger partial charge in [0, 0.05) is 11.4 Å². The predicted molar refractivity (Wildman–Crippen MR) is 123 cm³/mol. The topological polar surface area (TPSA) is 95.7 Å². The third-order valence-electron chi connectivity index (χ3n) is 4.87. The van der Waals surface area contributed by atoms with Gasteiger partial charge >= 0.3 is 0 Å². The number of thiophene rings is 1.